The molecular formula is C76H118O6. The molecule has 82 heavy (non-hydrogen) atoms. The molecule has 0 aromatic rings. The second-order valence-electron chi connectivity index (χ2n) is 20.9. The van der Waals surface area contributed by atoms with E-state index in [2.05, 4.69) is 191 Å². The standard InChI is InChI=1S/C76H118O6/c1-4-7-10-13-16-19-22-24-26-28-30-31-32-33-34-35-36-37-38-39-40-41-42-43-44-45-47-48-50-52-54-57-60-63-66-69-75(78)81-72-73(71-80-74(77)68-65-62-59-56-21-18-15-12-9-6-3)82-76(79)70-67-64-61-58-55-53-51-49-46-29-27-25-23-20-17-14-11-8-5-2/h7-8,10-12,15-17,19-20,24-27,30-31,33-34,36-37,39-40,42-43,46,49,53,55,61,64,73H,4-6,9,13-14,18,21-23,28-29,32,35,38,41,44-45,47-48,50-52,54,56-60,62-63,65-72H2,1-3H3/b10-7-,11-8-,15-12-,19-16-,20-17-,26-24-,27-25-,31-30-,34-33-,37-36-,40-39-,43-42-,49-46-,55-53-,64-61-. The number of allylic oxidation sites excluding steroid dienone is 30. The fraction of sp³-hybridized carbons (Fsp3) is 0.566. The van der Waals surface area contributed by atoms with Crippen LogP contribution in [0.25, 0.3) is 0 Å². The normalized spacial score (nSPS) is 13.4. The van der Waals surface area contributed by atoms with E-state index in [0.29, 0.717) is 19.3 Å². The molecule has 0 heterocycles. The number of carbonyl (C=O) groups is 3. The quantitative estimate of drug-likeness (QED) is 0.0261. The van der Waals surface area contributed by atoms with Crippen molar-refractivity contribution in [3.05, 3.63) is 182 Å². The van der Waals surface area contributed by atoms with Crippen LogP contribution in [0, 0.1) is 0 Å². The molecule has 0 aliphatic rings. The molecule has 458 valence electrons. The molecule has 0 bridgehead atoms. The number of esters is 3. The van der Waals surface area contributed by atoms with E-state index < -0.39 is 12.1 Å². The number of hydrogen-bond acceptors (Lipinski definition) is 6. The van der Waals surface area contributed by atoms with Crippen LogP contribution >= 0.6 is 0 Å². The fourth-order valence-corrected chi connectivity index (χ4v) is 8.31. The Kier molecular flexibility index (Phi) is 63.5. The predicted octanol–water partition coefficient (Wildman–Crippen LogP) is 22.8. The number of ether oxygens (including phenoxy) is 3. The van der Waals surface area contributed by atoms with E-state index >= 15 is 0 Å². The molecule has 0 fully saturated rings. The summed E-state index contributed by atoms with van der Waals surface area (Å²) in [4.78, 5) is 38.2. The van der Waals surface area contributed by atoms with Crippen molar-refractivity contribution in [2.24, 2.45) is 0 Å². The van der Waals surface area contributed by atoms with Gasteiger partial charge in [-0.15, -0.1) is 0 Å². The van der Waals surface area contributed by atoms with Crippen molar-refractivity contribution >= 4 is 17.9 Å². The van der Waals surface area contributed by atoms with E-state index in [0.717, 1.165) is 154 Å². The fourth-order valence-electron chi connectivity index (χ4n) is 8.31. The van der Waals surface area contributed by atoms with Crippen molar-refractivity contribution in [3.63, 3.8) is 0 Å². The largest absolute Gasteiger partial charge is 0.462 e. The maximum Gasteiger partial charge on any atom is 0.306 e. The van der Waals surface area contributed by atoms with E-state index in [9.17, 15) is 14.4 Å². The minimum atomic E-state index is -0.832. The van der Waals surface area contributed by atoms with Gasteiger partial charge >= 0.3 is 17.9 Å². The van der Waals surface area contributed by atoms with Crippen LogP contribution in [0.2, 0.25) is 0 Å². The molecule has 1 atom stereocenters. The lowest BCUT2D eigenvalue weighted by atomic mass is 10.1. The SMILES string of the molecule is CC/C=C\C/C=C\C/C=C\C/C=C\C/C=C\C/C=C\C/C=C\C/C=C\CCCCCCCCCCCCC(=O)OCC(COC(=O)CCCCCCC/C=C\CCC)OC(=O)CC/C=C\C/C=C\C/C=C\C/C=C\C/C=C\C/C=C\CC. The number of rotatable bonds is 57. The summed E-state index contributed by atoms with van der Waals surface area (Å²) in [6.45, 7) is 6.26. The van der Waals surface area contributed by atoms with Gasteiger partial charge in [-0.1, -0.05) is 280 Å². The summed E-state index contributed by atoms with van der Waals surface area (Å²) in [5, 5.41) is 0. The Morgan fingerprint density at radius 1 is 0.256 bits per heavy atom. The van der Waals surface area contributed by atoms with Gasteiger partial charge in [0.1, 0.15) is 13.2 Å². The molecule has 0 amide bonds. The van der Waals surface area contributed by atoms with Crippen LogP contribution in [0.15, 0.2) is 182 Å². The Bertz CT molecular complexity index is 1920. The van der Waals surface area contributed by atoms with Gasteiger partial charge in [0.25, 0.3) is 0 Å². The first-order chi connectivity index (χ1) is 40.5. The smallest absolute Gasteiger partial charge is 0.306 e. The molecular weight excluding hydrogens is 1010 g/mol. The van der Waals surface area contributed by atoms with Crippen LogP contribution in [0.1, 0.15) is 258 Å². The summed E-state index contributed by atoms with van der Waals surface area (Å²) in [7, 11) is 0. The van der Waals surface area contributed by atoms with Crippen LogP contribution in [0.4, 0.5) is 0 Å². The van der Waals surface area contributed by atoms with E-state index in [1.807, 2.05) is 12.2 Å². The minimum absolute atomic E-state index is 0.121. The van der Waals surface area contributed by atoms with Gasteiger partial charge < -0.3 is 14.2 Å². The summed E-state index contributed by atoms with van der Waals surface area (Å²) in [6.07, 6.45) is 102. The molecule has 0 saturated heterocycles. The van der Waals surface area contributed by atoms with Gasteiger partial charge in [-0.25, -0.2) is 0 Å². The highest BCUT2D eigenvalue weighted by atomic mass is 16.6. The van der Waals surface area contributed by atoms with Crippen molar-refractivity contribution in [2.45, 2.75) is 264 Å². The van der Waals surface area contributed by atoms with Crippen molar-refractivity contribution in [2.75, 3.05) is 13.2 Å². The maximum absolute atomic E-state index is 12.8. The first kappa shape index (κ1) is 76.5. The third-order valence-electron chi connectivity index (χ3n) is 13.1. The van der Waals surface area contributed by atoms with Gasteiger partial charge in [0.2, 0.25) is 0 Å². The first-order valence-corrected chi connectivity index (χ1v) is 32.8. The van der Waals surface area contributed by atoms with Crippen LogP contribution in [-0.4, -0.2) is 37.2 Å². The third-order valence-corrected chi connectivity index (χ3v) is 13.1. The second-order valence-corrected chi connectivity index (χ2v) is 20.9. The van der Waals surface area contributed by atoms with E-state index in [-0.39, 0.29) is 31.6 Å². The van der Waals surface area contributed by atoms with Crippen molar-refractivity contribution in [1.82, 2.24) is 0 Å². The van der Waals surface area contributed by atoms with Crippen LogP contribution in [0.3, 0.4) is 0 Å². The average molecular weight is 1130 g/mol. The van der Waals surface area contributed by atoms with Gasteiger partial charge in [-0.2, -0.15) is 0 Å². The molecule has 0 N–H and O–H groups in total. The van der Waals surface area contributed by atoms with Crippen molar-refractivity contribution in [1.29, 1.82) is 0 Å². The molecule has 0 rings (SSSR count). The summed E-state index contributed by atoms with van der Waals surface area (Å²) in [5.41, 5.74) is 0. The second kappa shape index (κ2) is 68.0. The highest BCUT2D eigenvalue weighted by Crippen LogP contribution is 2.14. The predicted molar refractivity (Wildman–Crippen MR) is 357 cm³/mol. The van der Waals surface area contributed by atoms with Crippen LogP contribution < -0.4 is 0 Å². The number of carbonyl (C=O) groups excluding carboxylic acids is 3. The Morgan fingerprint density at radius 2 is 0.500 bits per heavy atom. The Labute approximate surface area is 504 Å². The lowest BCUT2D eigenvalue weighted by Gasteiger charge is -2.18. The van der Waals surface area contributed by atoms with Gasteiger partial charge in [0.05, 0.1) is 0 Å². The average Bonchev–Trinajstić information content (AvgIpc) is 3.48. The Balaban J connectivity index is 4.29. The molecule has 0 aromatic heterocycles. The highest BCUT2D eigenvalue weighted by Gasteiger charge is 2.19. The molecule has 0 spiro atoms. The van der Waals surface area contributed by atoms with Gasteiger partial charge in [-0.3, -0.25) is 14.4 Å². The molecule has 6 nitrogen and oxygen atoms in total. The topological polar surface area (TPSA) is 78.9 Å². The van der Waals surface area contributed by atoms with Gasteiger partial charge in [0.15, 0.2) is 6.10 Å². The molecule has 0 radical (unpaired) electrons. The maximum atomic E-state index is 12.8. The molecule has 0 aliphatic heterocycles. The number of unbranched alkanes of at least 4 members (excludes halogenated alkanes) is 16. The zero-order valence-corrected chi connectivity index (χ0v) is 52.4. The third kappa shape index (κ3) is 65.3. The highest BCUT2D eigenvalue weighted by molar-refractivity contribution is 5.71. The minimum Gasteiger partial charge on any atom is -0.462 e. The first-order valence-electron chi connectivity index (χ1n) is 32.8. The van der Waals surface area contributed by atoms with E-state index in [4.69, 9.17) is 14.2 Å². The van der Waals surface area contributed by atoms with Crippen molar-refractivity contribution < 1.29 is 28.6 Å². The van der Waals surface area contributed by atoms with E-state index in [1.54, 1.807) is 0 Å². The van der Waals surface area contributed by atoms with E-state index in [1.165, 1.54) is 57.8 Å². The Hall–Kier alpha value is -5.49. The molecule has 0 saturated carbocycles. The zero-order valence-electron chi connectivity index (χ0n) is 52.4. The van der Waals surface area contributed by atoms with Crippen molar-refractivity contribution in [3.8, 4) is 0 Å². The zero-order chi connectivity index (χ0) is 59.2. The van der Waals surface area contributed by atoms with Crippen LogP contribution in [-0.2, 0) is 28.6 Å². The number of hydrogen-bond donors (Lipinski definition) is 0. The Morgan fingerprint density at radius 3 is 0.805 bits per heavy atom. The van der Waals surface area contributed by atoms with Gasteiger partial charge in [0, 0.05) is 19.3 Å². The molecule has 0 aliphatic carbocycles. The van der Waals surface area contributed by atoms with Gasteiger partial charge in [-0.05, 0) is 141 Å². The summed E-state index contributed by atoms with van der Waals surface area (Å²) in [6, 6.07) is 0. The van der Waals surface area contributed by atoms with Crippen LogP contribution in [0.5, 0.6) is 0 Å². The lowest BCUT2D eigenvalue weighted by Crippen LogP contribution is -2.30. The monoisotopic (exact) mass is 1130 g/mol. The summed E-state index contributed by atoms with van der Waals surface area (Å²) >= 11 is 0. The summed E-state index contributed by atoms with van der Waals surface area (Å²) in [5.74, 6) is -1.03. The lowest BCUT2D eigenvalue weighted by molar-refractivity contribution is -0.166. The molecule has 0 aromatic carbocycles. The molecule has 1 unspecified atom stereocenters. The molecule has 6 heteroatoms. The summed E-state index contributed by atoms with van der Waals surface area (Å²) < 4.78 is 16.8.